The fraction of sp³-hybridized carbons (Fsp3) is 1.00. The maximum Gasteiger partial charge on any atom is 0.469 e. The van der Waals surface area contributed by atoms with E-state index >= 15 is 0 Å². The quantitative estimate of drug-likeness (QED) is 0.469. The Kier molecular flexibility index (Phi) is 13.1. The van der Waals surface area contributed by atoms with E-state index in [2.05, 4.69) is 16.8 Å². The zero-order valence-corrected chi connectivity index (χ0v) is 12.7. The van der Waals surface area contributed by atoms with E-state index in [1.54, 1.807) is 0 Å². The van der Waals surface area contributed by atoms with Crippen LogP contribution in [-0.2, 0) is 13.8 Å². The molecule has 1 heterocycles. The van der Waals surface area contributed by atoms with E-state index in [1.807, 2.05) is 0 Å². The van der Waals surface area contributed by atoms with Crippen LogP contribution >= 0.6 is 7.82 Å². The minimum atomic E-state index is -4.23. The largest absolute Gasteiger partial charge is 0.469 e. The number of hydrogen-bond acceptors (Lipinski definition) is 4. The van der Waals surface area contributed by atoms with Crippen molar-refractivity contribution in [3.05, 3.63) is 0 Å². The van der Waals surface area contributed by atoms with Gasteiger partial charge in [0.25, 0.3) is 0 Å². The van der Waals surface area contributed by atoms with Crippen LogP contribution in [0.25, 0.3) is 0 Å². The summed E-state index contributed by atoms with van der Waals surface area (Å²) in [5.74, 6) is 0. The number of morpholine rings is 1. The molecule has 0 aromatic rings. The normalized spacial score (nSPS) is 15.7. The number of phosphoric ester groups is 1. The van der Waals surface area contributed by atoms with Crippen molar-refractivity contribution in [3.63, 3.8) is 0 Å². The number of ether oxygens (including phenoxy) is 1. The SMILES string of the molecule is C1COCCN1.CCCCCCCCOP(=O)(O)O. The third-order valence-electron chi connectivity index (χ3n) is 2.60. The predicted molar refractivity (Wildman–Crippen MR) is 75.1 cm³/mol. The van der Waals surface area contributed by atoms with E-state index < -0.39 is 7.82 Å². The fourth-order valence-electron chi connectivity index (χ4n) is 1.58. The van der Waals surface area contributed by atoms with E-state index in [0.717, 1.165) is 45.6 Å². The summed E-state index contributed by atoms with van der Waals surface area (Å²) in [5.41, 5.74) is 0. The van der Waals surface area contributed by atoms with Gasteiger partial charge in [0, 0.05) is 13.1 Å². The second-order valence-electron chi connectivity index (χ2n) is 4.45. The first kappa shape index (κ1) is 19.0. The zero-order chi connectivity index (χ0) is 14.4. The van der Waals surface area contributed by atoms with Gasteiger partial charge in [0.1, 0.15) is 0 Å². The fourth-order valence-corrected chi connectivity index (χ4v) is 1.95. The number of phosphoric acid groups is 1. The third kappa shape index (κ3) is 18.0. The zero-order valence-electron chi connectivity index (χ0n) is 11.8. The van der Waals surface area contributed by atoms with Gasteiger partial charge in [-0.1, -0.05) is 39.0 Å². The second kappa shape index (κ2) is 13.0. The molecular formula is C12H28NO5P. The molecule has 7 heteroatoms. The molecule has 1 aliphatic heterocycles. The molecule has 116 valence electrons. The van der Waals surface area contributed by atoms with Gasteiger partial charge in [-0.25, -0.2) is 4.57 Å². The van der Waals surface area contributed by atoms with Gasteiger partial charge in [0.05, 0.1) is 19.8 Å². The van der Waals surface area contributed by atoms with Gasteiger partial charge in [0.2, 0.25) is 0 Å². The average molecular weight is 297 g/mol. The van der Waals surface area contributed by atoms with Crippen molar-refractivity contribution in [1.29, 1.82) is 0 Å². The molecule has 0 aliphatic carbocycles. The molecule has 1 rings (SSSR count). The highest BCUT2D eigenvalue weighted by Gasteiger charge is 2.12. The molecule has 19 heavy (non-hydrogen) atoms. The Morgan fingerprint density at radius 2 is 1.68 bits per heavy atom. The van der Waals surface area contributed by atoms with Crippen molar-refractivity contribution in [2.24, 2.45) is 0 Å². The summed E-state index contributed by atoms with van der Waals surface area (Å²) < 4.78 is 19.5. The van der Waals surface area contributed by atoms with E-state index in [-0.39, 0.29) is 6.61 Å². The minimum Gasteiger partial charge on any atom is -0.379 e. The maximum absolute atomic E-state index is 10.2. The first-order chi connectivity index (χ1) is 9.06. The molecule has 0 saturated carbocycles. The van der Waals surface area contributed by atoms with E-state index in [0.29, 0.717) is 0 Å². The average Bonchev–Trinajstić information content (AvgIpc) is 2.39. The van der Waals surface area contributed by atoms with Crippen LogP contribution in [-0.4, -0.2) is 42.7 Å². The number of rotatable bonds is 8. The summed E-state index contributed by atoms with van der Waals surface area (Å²) in [6, 6.07) is 0. The number of unbranched alkanes of at least 4 members (excludes halogenated alkanes) is 5. The molecule has 1 fully saturated rings. The second-order valence-corrected chi connectivity index (χ2v) is 5.69. The van der Waals surface area contributed by atoms with Crippen molar-refractivity contribution >= 4 is 7.82 Å². The van der Waals surface area contributed by atoms with Gasteiger partial charge >= 0.3 is 7.82 Å². The highest BCUT2D eigenvalue weighted by Crippen LogP contribution is 2.35. The highest BCUT2D eigenvalue weighted by molar-refractivity contribution is 7.46. The molecule has 0 unspecified atom stereocenters. The van der Waals surface area contributed by atoms with Gasteiger partial charge in [0.15, 0.2) is 0 Å². The van der Waals surface area contributed by atoms with Crippen molar-refractivity contribution in [2.45, 2.75) is 45.4 Å². The molecule has 6 nitrogen and oxygen atoms in total. The molecule has 1 saturated heterocycles. The molecule has 0 amide bonds. The van der Waals surface area contributed by atoms with Crippen LogP contribution in [0, 0.1) is 0 Å². The third-order valence-corrected chi connectivity index (χ3v) is 3.12. The molecule has 0 radical (unpaired) electrons. The van der Waals surface area contributed by atoms with Crippen LogP contribution in [0.4, 0.5) is 0 Å². The maximum atomic E-state index is 10.2. The lowest BCUT2D eigenvalue weighted by Gasteiger charge is -2.10. The van der Waals surface area contributed by atoms with Crippen molar-refractivity contribution in [3.8, 4) is 0 Å². The lowest BCUT2D eigenvalue weighted by atomic mass is 10.1. The predicted octanol–water partition coefficient (Wildman–Crippen LogP) is 2.06. The van der Waals surface area contributed by atoms with Gasteiger partial charge < -0.3 is 19.8 Å². The summed E-state index contributed by atoms with van der Waals surface area (Å²) in [4.78, 5) is 16.7. The van der Waals surface area contributed by atoms with Crippen molar-refractivity contribution in [2.75, 3.05) is 32.9 Å². The molecule has 0 aromatic carbocycles. The topological polar surface area (TPSA) is 88.0 Å². The molecule has 3 N–H and O–H groups in total. The number of nitrogens with one attached hydrogen (secondary N) is 1. The molecule has 0 bridgehead atoms. The lowest BCUT2D eigenvalue weighted by molar-refractivity contribution is 0.109. The summed E-state index contributed by atoms with van der Waals surface area (Å²) in [6.45, 7) is 6.15. The lowest BCUT2D eigenvalue weighted by Crippen LogP contribution is -2.30. The first-order valence-electron chi connectivity index (χ1n) is 7.05. The Morgan fingerprint density at radius 1 is 1.11 bits per heavy atom. The monoisotopic (exact) mass is 297 g/mol. The smallest absolute Gasteiger partial charge is 0.379 e. The Bertz CT molecular complexity index is 219. The summed E-state index contributed by atoms with van der Waals surface area (Å²) in [5, 5.41) is 3.16. The van der Waals surface area contributed by atoms with Crippen LogP contribution in [0.15, 0.2) is 0 Å². The molecule has 0 spiro atoms. The Balaban J connectivity index is 0.000000443. The molecule has 0 atom stereocenters. The minimum absolute atomic E-state index is 0.163. The van der Waals surface area contributed by atoms with Gasteiger partial charge in [-0.15, -0.1) is 0 Å². The van der Waals surface area contributed by atoms with Gasteiger partial charge in [-0.3, -0.25) is 4.52 Å². The van der Waals surface area contributed by atoms with Crippen LogP contribution in [0.1, 0.15) is 45.4 Å². The van der Waals surface area contributed by atoms with E-state index in [9.17, 15) is 4.57 Å². The van der Waals surface area contributed by atoms with Crippen LogP contribution in [0.2, 0.25) is 0 Å². The Labute approximate surface area is 116 Å². The molecule has 1 aliphatic rings. The first-order valence-corrected chi connectivity index (χ1v) is 8.58. The Hall–Kier alpha value is 0.0300. The molecule has 0 aromatic heterocycles. The number of hydrogen-bond donors (Lipinski definition) is 3. The van der Waals surface area contributed by atoms with Crippen molar-refractivity contribution < 1.29 is 23.6 Å². The van der Waals surface area contributed by atoms with E-state index in [1.165, 1.54) is 19.3 Å². The van der Waals surface area contributed by atoms with Gasteiger partial charge in [-0.05, 0) is 6.42 Å². The van der Waals surface area contributed by atoms with E-state index in [4.69, 9.17) is 14.5 Å². The highest BCUT2D eigenvalue weighted by atomic mass is 31.2. The van der Waals surface area contributed by atoms with Crippen LogP contribution < -0.4 is 5.32 Å². The summed E-state index contributed by atoms with van der Waals surface area (Å²) >= 11 is 0. The van der Waals surface area contributed by atoms with Crippen LogP contribution in [0.5, 0.6) is 0 Å². The Morgan fingerprint density at radius 3 is 2.11 bits per heavy atom. The van der Waals surface area contributed by atoms with Crippen LogP contribution in [0.3, 0.4) is 0 Å². The van der Waals surface area contributed by atoms with Crippen molar-refractivity contribution in [1.82, 2.24) is 5.32 Å². The standard InChI is InChI=1S/C8H19O4P.C4H9NO/c1-2-3-4-5-6-7-8-12-13(9,10)11;1-3-6-4-2-5-1/h2-8H2,1H3,(H2,9,10,11);5H,1-4H2. The summed E-state index contributed by atoms with van der Waals surface area (Å²) in [7, 11) is -4.23. The summed E-state index contributed by atoms with van der Waals surface area (Å²) in [6.07, 6.45) is 6.48. The molecular weight excluding hydrogens is 269 g/mol. The van der Waals surface area contributed by atoms with Gasteiger partial charge in [-0.2, -0.15) is 0 Å².